The quantitative estimate of drug-likeness (QED) is 0.285. The van der Waals surface area contributed by atoms with E-state index in [2.05, 4.69) is 31.3 Å². The van der Waals surface area contributed by atoms with Crippen LogP contribution in [0.2, 0.25) is 0 Å². The highest BCUT2D eigenvalue weighted by molar-refractivity contribution is 9.10. The second-order valence-electron chi connectivity index (χ2n) is 8.65. The van der Waals surface area contributed by atoms with E-state index in [-0.39, 0.29) is 17.4 Å². The van der Waals surface area contributed by atoms with Gasteiger partial charge in [0.15, 0.2) is 5.65 Å². The van der Waals surface area contributed by atoms with Gasteiger partial charge in [0.1, 0.15) is 5.82 Å². The van der Waals surface area contributed by atoms with Crippen LogP contribution >= 0.6 is 15.9 Å². The van der Waals surface area contributed by atoms with Gasteiger partial charge in [0.05, 0.1) is 16.2 Å². The summed E-state index contributed by atoms with van der Waals surface area (Å²) in [5, 5.41) is 7.81. The number of anilines is 1. The number of pyridine rings is 1. The summed E-state index contributed by atoms with van der Waals surface area (Å²) in [6.07, 6.45) is 2.03. The third-order valence-corrected chi connectivity index (χ3v) is 6.84. The minimum Gasteiger partial charge on any atom is -0.366 e. The molecule has 1 aromatic carbocycles. The van der Waals surface area contributed by atoms with Gasteiger partial charge in [-0.1, -0.05) is 26.0 Å². The average molecular weight is 589 g/mol. The van der Waals surface area contributed by atoms with Gasteiger partial charge < -0.3 is 10.2 Å². The Balaban J connectivity index is 0.00000164. The molecule has 7 nitrogen and oxygen atoms in total. The number of rotatable bonds is 5. The summed E-state index contributed by atoms with van der Waals surface area (Å²) in [6.45, 7) is 5.44. The van der Waals surface area contributed by atoms with Crippen LogP contribution in [0.1, 0.15) is 59.8 Å². The first-order chi connectivity index (χ1) is 18.3. The number of aromatic nitrogens is 4. The van der Waals surface area contributed by atoms with Crippen LogP contribution in [0.4, 0.5) is 19.0 Å². The molecule has 0 aliphatic carbocycles. The molecular weight excluding hydrogens is 561 g/mol. The summed E-state index contributed by atoms with van der Waals surface area (Å²) in [5.74, 6) is 0.494. The second-order valence-corrected chi connectivity index (χ2v) is 9.51. The van der Waals surface area contributed by atoms with E-state index in [1.807, 2.05) is 32.0 Å². The molecule has 1 saturated heterocycles. The van der Waals surface area contributed by atoms with Gasteiger partial charge in [-0.25, -0.2) is 4.98 Å². The SMILES string of the molecule is CC.O=C(c1cccc(C(F)(F)F)c1)N1CCC(c2cc(NCc3cccnc3)n3ncc(Br)c3n2)CC1. The number of carbonyl (C=O) groups excluding carboxylic acids is 1. The normalized spacial score (nSPS) is 14.2. The third kappa shape index (κ3) is 6.15. The van der Waals surface area contributed by atoms with Crippen molar-refractivity contribution >= 4 is 33.3 Å². The van der Waals surface area contributed by atoms with Gasteiger partial charge in [0.25, 0.3) is 5.91 Å². The van der Waals surface area contributed by atoms with Crippen LogP contribution in [0.3, 0.4) is 0 Å². The molecule has 4 aromatic rings. The standard InChI is InChI=1S/C25H22BrF3N6O.C2H6/c26-20-15-32-35-22(31-14-16-3-2-8-30-13-16)12-21(33-23(20)35)17-6-9-34(10-7-17)24(36)18-4-1-5-19(11-18)25(27,28)29;1-2/h1-5,8,11-13,15,17,31H,6-7,9-10,14H2;1-2H3. The van der Waals surface area contributed by atoms with Gasteiger partial charge in [-0.2, -0.15) is 22.8 Å². The van der Waals surface area contributed by atoms with Crippen molar-refractivity contribution in [3.63, 3.8) is 0 Å². The summed E-state index contributed by atoms with van der Waals surface area (Å²) in [4.78, 5) is 23.5. The van der Waals surface area contributed by atoms with Crippen molar-refractivity contribution in [2.24, 2.45) is 0 Å². The summed E-state index contributed by atoms with van der Waals surface area (Å²) in [6, 6.07) is 10.4. The fourth-order valence-corrected chi connectivity index (χ4v) is 4.72. The summed E-state index contributed by atoms with van der Waals surface area (Å²) < 4.78 is 41.7. The molecule has 1 aliphatic heterocycles. The molecular formula is C27H28BrF3N6O. The zero-order chi connectivity index (χ0) is 27.3. The lowest BCUT2D eigenvalue weighted by Crippen LogP contribution is -2.38. The van der Waals surface area contributed by atoms with Crippen LogP contribution in [0, 0.1) is 0 Å². The van der Waals surface area contributed by atoms with Crippen molar-refractivity contribution in [1.82, 2.24) is 24.5 Å². The van der Waals surface area contributed by atoms with E-state index in [1.54, 1.807) is 28.0 Å². The number of halogens is 4. The van der Waals surface area contributed by atoms with Crippen molar-refractivity contribution in [2.75, 3.05) is 18.4 Å². The predicted octanol–water partition coefficient (Wildman–Crippen LogP) is 6.56. The number of fused-ring (bicyclic) bond motifs is 1. The lowest BCUT2D eigenvalue weighted by atomic mass is 9.92. The molecule has 3 aromatic heterocycles. The van der Waals surface area contributed by atoms with Crippen LogP contribution in [0.5, 0.6) is 0 Å². The second kappa shape index (κ2) is 11.9. The summed E-state index contributed by atoms with van der Waals surface area (Å²) in [7, 11) is 0. The number of alkyl halides is 3. The highest BCUT2D eigenvalue weighted by Gasteiger charge is 2.32. The van der Waals surface area contributed by atoms with E-state index in [0.717, 1.165) is 33.7 Å². The van der Waals surface area contributed by atoms with Gasteiger partial charge in [0, 0.05) is 55.3 Å². The van der Waals surface area contributed by atoms with Crippen LogP contribution in [-0.2, 0) is 12.7 Å². The van der Waals surface area contributed by atoms with Crippen LogP contribution in [0.15, 0.2) is 65.5 Å². The number of piperidine rings is 1. The fourth-order valence-electron chi connectivity index (χ4n) is 4.37. The highest BCUT2D eigenvalue weighted by atomic mass is 79.9. The van der Waals surface area contributed by atoms with Gasteiger partial charge >= 0.3 is 6.18 Å². The molecule has 0 radical (unpaired) electrons. The maximum Gasteiger partial charge on any atom is 0.416 e. The predicted molar refractivity (Wildman–Crippen MR) is 143 cm³/mol. The van der Waals surface area contributed by atoms with E-state index in [1.165, 1.54) is 12.1 Å². The van der Waals surface area contributed by atoms with Crippen molar-refractivity contribution < 1.29 is 18.0 Å². The maximum atomic E-state index is 13.1. The van der Waals surface area contributed by atoms with E-state index in [4.69, 9.17) is 4.98 Å². The summed E-state index contributed by atoms with van der Waals surface area (Å²) >= 11 is 3.51. The first kappa shape index (κ1) is 27.6. The number of hydrogen-bond donors (Lipinski definition) is 1. The van der Waals surface area contributed by atoms with Crippen molar-refractivity contribution in [1.29, 1.82) is 0 Å². The van der Waals surface area contributed by atoms with Crippen LogP contribution in [-0.4, -0.2) is 43.5 Å². The van der Waals surface area contributed by atoms with Gasteiger partial charge in [-0.05, 0) is 58.6 Å². The molecule has 1 fully saturated rings. The number of nitrogens with one attached hydrogen (secondary N) is 1. The Morgan fingerprint density at radius 3 is 2.55 bits per heavy atom. The summed E-state index contributed by atoms with van der Waals surface area (Å²) in [5.41, 5.74) is 1.81. The molecule has 5 rings (SSSR count). The van der Waals surface area contributed by atoms with Gasteiger partial charge in [-0.3, -0.25) is 9.78 Å². The highest BCUT2D eigenvalue weighted by Crippen LogP contribution is 2.32. The van der Waals surface area contributed by atoms with E-state index < -0.39 is 11.7 Å². The van der Waals surface area contributed by atoms with Gasteiger partial charge in [-0.15, -0.1) is 0 Å². The lowest BCUT2D eigenvalue weighted by molar-refractivity contribution is -0.137. The Hall–Kier alpha value is -3.47. The van der Waals surface area contributed by atoms with E-state index >= 15 is 0 Å². The molecule has 1 amide bonds. The molecule has 4 heterocycles. The van der Waals surface area contributed by atoms with Crippen molar-refractivity contribution in [2.45, 2.75) is 45.3 Å². The number of carbonyl (C=O) groups is 1. The molecule has 0 atom stereocenters. The topological polar surface area (TPSA) is 75.4 Å². The monoisotopic (exact) mass is 588 g/mol. The molecule has 38 heavy (non-hydrogen) atoms. The van der Waals surface area contributed by atoms with Crippen LogP contribution < -0.4 is 5.32 Å². The van der Waals surface area contributed by atoms with Crippen molar-refractivity contribution in [3.8, 4) is 0 Å². The zero-order valence-corrected chi connectivity index (χ0v) is 22.6. The molecule has 0 unspecified atom stereocenters. The minimum atomic E-state index is -4.49. The smallest absolute Gasteiger partial charge is 0.366 e. The van der Waals surface area contributed by atoms with Gasteiger partial charge in [0.2, 0.25) is 0 Å². The Bertz CT molecular complexity index is 1380. The lowest BCUT2D eigenvalue weighted by Gasteiger charge is -2.32. The molecule has 1 aliphatic rings. The average Bonchev–Trinajstić information content (AvgIpc) is 3.33. The first-order valence-corrected chi connectivity index (χ1v) is 13.2. The van der Waals surface area contributed by atoms with E-state index in [0.29, 0.717) is 38.1 Å². The number of nitrogens with zero attached hydrogens (tertiary/aromatic N) is 5. The number of benzene rings is 1. The Kier molecular flexibility index (Phi) is 8.65. The Morgan fingerprint density at radius 1 is 1.11 bits per heavy atom. The largest absolute Gasteiger partial charge is 0.416 e. The molecule has 0 bridgehead atoms. The molecule has 0 saturated carbocycles. The molecule has 1 N–H and O–H groups in total. The molecule has 11 heteroatoms. The maximum absolute atomic E-state index is 13.1. The third-order valence-electron chi connectivity index (χ3n) is 6.28. The first-order valence-electron chi connectivity index (χ1n) is 12.4. The van der Waals surface area contributed by atoms with Crippen LogP contribution in [0.25, 0.3) is 5.65 Å². The number of hydrogen-bond acceptors (Lipinski definition) is 5. The Labute approximate surface area is 227 Å². The Morgan fingerprint density at radius 2 is 1.87 bits per heavy atom. The molecule has 0 spiro atoms. The van der Waals surface area contributed by atoms with E-state index in [9.17, 15) is 18.0 Å². The number of amides is 1. The zero-order valence-electron chi connectivity index (χ0n) is 21.0. The minimum absolute atomic E-state index is 0.0490. The number of likely N-dealkylation sites (tertiary alicyclic amines) is 1. The fraction of sp³-hybridized carbons (Fsp3) is 0.333. The van der Waals surface area contributed by atoms with Crippen molar-refractivity contribution in [3.05, 3.63) is 87.9 Å². The molecule has 200 valence electrons.